The maximum Gasteiger partial charge on any atom is 0.270 e. The molecule has 0 aliphatic rings. The minimum absolute atomic E-state index is 0.104. The second-order valence-corrected chi connectivity index (χ2v) is 4.83. The van der Waals surface area contributed by atoms with Crippen LogP contribution >= 0.6 is 15.9 Å². The van der Waals surface area contributed by atoms with Crippen LogP contribution in [-0.4, -0.2) is 4.92 Å². The number of nitro benzene ring substituents is 1. The lowest BCUT2D eigenvalue weighted by molar-refractivity contribution is -0.384. The smallest absolute Gasteiger partial charge is 0.258 e. The lowest BCUT2D eigenvalue weighted by Gasteiger charge is -2.05. The highest BCUT2D eigenvalue weighted by atomic mass is 79.9. The van der Waals surface area contributed by atoms with Crippen molar-refractivity contribution in [2.24, 2.45) is 0 Å². The van der Waals surface area contributed by atoms with E-state index in [1.165, 1.54) is 11.6 Å². The largest absolute Gasteiger partial charge is 0.270 e. The molecule has 0 N–H and O–H groups in total. The molecular formula is C14H12BrNO2. The summed E-state index contributed by atoms with van der Waals surface area (Å²) >= 11 is 3.43. The summed E-state index contributed by atoms with van der Waals surface area (Å²) in [4.78, 5) is 10.4. The Morgan fingerprint density at radius 3 is 2.39 bits per heavy atom. The van der Waals surface area contributed by atoms with Gasteiger partial charge in [-0.05, 0) is 23.6 Å². The summed E-state index contributed by atoms with van der Waals surface area (Å²) in [5.41, 5.74) is 3.17. The second-order valence-electron chi connectivity index (χ2n) is 3.97. The molecule has 0 aliphatic heterocycles. The molecule has 0 aromatic heterocycles. The fraction of sp³-hybridized carbons (Fsp3) is 0.143. The average Bonchev–Trinajstić information content (AvgIpc) is 2.39. The normalized spacial score (nSPS) is 10.3. The predicted molar refractivity (Wildman–Crippen MR) is 75.6 cm³/mol. The molecule has 2 aromatic carbocycles. The number of aryl methyl sites for hydroxylation is 1. The molecule has 0 radical (unpaired) electrons. The van der Waals surface area contributed by atoms with Gasteiger partial charge in [0.1, 0.15) is 0 Å². The van der Waals surface area contributed by atoms with Gasteiger partial charge in [0, 0.05) is 22.2 Å². The second kappa shape index (κ2) is 5.31. The number of halogens is 1. The van der Waals surface area contributed by atoms with E-state index in [0.717, 1.165) is 22.0 Å². The molecule has 2 rings (SSSR count). The van der Waals surface area contributed by atoms with Gasteiger partial charge in [-0.1, -0.05) is 47.1 Å². The van der Waals surface area contributed by atoms with Crippen LogP contribution < -0.4 is 0 Å². The Hall–Kier alpha value is -1.68. The van der Waals surface area contributed by atoms with Gasteiger partial charge in [0.15, 0.2) is 0 Å². The van der Waals surface area contributed by atoms with Gasteiger partial charge in [-0.15, -0.1) is 0 Å². The van der Waals surface area contributed by atoms with Crippen LogP contribution in [0.3, 0.4) is 0 Å². The van der Waals surface area contributed by atoms with Crippen LogP contribution in [0.1, 0.15) is 12.5 Å². The summed E-state index contributed by atoms with van der Waals surface area (Å²) in [5.74, 6) is 0. The van der Waals surface area contributed by atoms with Gasteiger partial charge in [0.05, 0.1) is 4.92 Å². The van der Waals surface area contributed by atoms with Crippen molar-refractivity contribution in [3.63, 3.8) is 0 Å². The molecule has 0 aliphatic carbocycles. The first-order chi connectivity index (χ1) is 8.61. The molecule has 0 saturated heterocycles. The van der Waals surface area contributed by atoms with E-state index in [-0.39, 0.29) is 10.6 Å². The summed E-state index contributed by atoms with van der Waals surface area (Å²) in [6.07, 6.45) is 0.983. The summed E-state index contributed by atoms with van der Waals surface area (Å²) < 4.78 is 0.859. The number of nitrogens with zero attached hydrogens (tertiary/aromatic N) is 1. The molecule has 0 fully saturated rings. The van der Waals surface area contributed by atoms with Crippen LogP contribution in [0, 0.1) is 10.1 Å². The quantitative estimate of drug-likeness (QED) is 0.615. The molecule has 3 nitrogen and oxygen atoms in total. The predicted octanol–water partition coefficient (Wildman–Crippen LogP) is 4.59. The summed E-state index contributed by atoms with van der Waals surface area (Å²) in [7, 11) is 0. The molecule has 0 heterocycles. The third-order valence-electron chi connectivity index (χ3n) is 2.83. The van der Waals surface area contributed by atoms with Gasteiger partial charge in [-0.25, -0.2) is 0 Å². The van der Waals surface area contributed by atoms with Crippen molar-refractivity contribution in [2.75, 3.05) is 0 Å². The van der Waals surface area contributed by atoms with Crippen LogP contribution in [0.15, 0.2) is 46.9 Å². The zero-order valence-electron chi connectivity index (χ0n) is 9.89. The van der Waals surface area contributed by atoms with E-state index in [0.29, 0.717) is 0 Å². The minimum atomic E-state index is -0.379. The van der Waals surface area contributed by atoms with Gasteiger partial charge in [-0.2, -0.15) is 0 Å². The monoisotopic (exact) mass is 305 g/mol. The molecule has 0 spiro atoms. The lowest BCUT2D eigenvalue weighted by Crippen LogP contribution is -1.89. The Labute approximate surface area is 114 Å². The van der Waals surface area contributed by atoms with Gasteiger partial charge in [-0.3, -0.25) is 10.1 Å². The molecule has 0 bridgehead atoms. The Morgan fingerprint density at radius 2 is 1.83 bits per heavy atom. The van der Waals surface area contributed by atoms with Crippen molar-refractivity contribution in [2.45, 2.75) is 13.3 Å². The van der Waals surface area contributed by atoms with Crippen LogP contribution in [0.25, 0.3) is 11.1 Å². The molecule has 0 saturated carbocycles. The fourth-order valence-electron chi connectivity index (χ4n) is 1.77. The van der Waals surface area contributed by atoms with Crippen LogP contribution in [0.2, 0.25) is 0 Å². The number of hydrogen-bond donors (Lipinski definition) is 0. The van der Waals surface area contributed by atoms with Crippen LogP contribution in [0.4, 0.5) is 5.69 Å². The Kier molecular flexibility index (Phi) is 3.77. The number of hydrogen-bond acceptors (Lipinski definition) is 2. The molecule has 0 atom stereocenters. The zero-order chi connectivity index (χ0) is 13.1. The molecular weight excluding hydrogens is 294 g/mol. The lowest BCUT2D eigenvalue weighted by atomic mass is 10.0. The third-order valence-corrected chi connectivity index (χ3v) is 3.53. The highest BCUT2D eigenvalue weighted by Crippen LogP contribution is 2.31. The molecule has 2 aromatic rings. The number of benzene rings is 2. The maximum atomic E-state index is 10.8. The first-order valence-electron chi connectivity index (χ1n) is 5.65. The van der Waals surface area contributed by atoms with Crippen molar-refractivity contribution in [3.8, 4) is 11.1 Å². The van der Waals surface area contributed by atoms with Gasteiger partial charge < -0.3 is 0 Å². The van der Waals surface area contributed by atoms with E-state index < -0.39 is 0 Å². The summed E-state index contributed by atoms with van der Waals surface area (Å²) in [6.45, 7) is 2.10. The molecule has 0 amide bonds. The van der Waals surface area contributed by atoms with Crippen LogP contribution in [0.5, 0.6) is 0 Å². The van der Waals surface area contributed by atoms with Gasteiger partial charge in [0.25, 0.3) is 5.69 Å². The van der Waals surface area contributed by atoms with Crippen molar-refractivity contribution in [1.29, 1.82) is 0 Å². The van der Waals surface area contributed by atoms with E-state index >= 15 is 0 Å². The van der Waals surface area contributed by atoms with Crippen LogP contribution in [-0.2, 0) is 6.42 Å². The van der Waals surface area contributed by atoms with Gasteiger partial charge in [0.2, 0.25) is 0 Å². The highest BCUT2D eigenvalue weighted by molar-refractivity contribution is 9.10. The number of nitro groups is 1. The standard InChI is InChI=1S/C14H12BrNO2/c1-2-10-3-5-11(6-4-10)13-9-12(16(17)18)7-8-14(13)15/h3-9H,2H2,1H3. The van der Waals surface area contributed by atoms with Crippen molar-refractivity contribution < 1.29 is 4.92 Å². The van der Waals surface area contributed by atoms with E-state index in [9.17, 15) is 10.1 Å². The Bertz CT molecular complexity index is 579. The number of rotatable bonds is 3. The van der Waals surface area contributed by atoms with Crippen molar-refractivity contribution in [1.82, 2.24) is 0 Å². The Morgan fingerprint density at radius 1 is 1.17 bits per heavy atom. The summed E-state index contributed by atoms with van der Waals surface area (Å²) in [5, 5.41) is 10.8. The molecule has 4 heteroatoms. The first-order valence-corrected chi connectivity index (χ1v) is 6.44. The molecule has 92 valence electrons. The van der Waals surface area contributed by atoms with Crippen molar-refractivity contribution >= 4 is 21.6 Å². The van der Waals surface area contributed by atoms with Gasteiger partial charge >= 0.3 is 0 Å². The highest BCUT2D eigenvalue weighted by Gasteiger charge is 2.10. The average molecular weight is 306 g/mol. The Balaban J connectivity index is 2.48. The van der Waals surface area contributed by atoms with E-state index in [2.05, 4.69) is 22.9 Å². The topological polar surface area (TPSA) is 43.1 Å². The summed E-state index contributed by atoms with van der Waals surface area (Å²) in [6, 6.07) is 12.9. The van der Waals surface area contributed by atoms with E-state index in [1.54, 1.807) is 12.1 Å². The third kappa shape index (κ3) is 2.59. The van der Waals surface area contributed by atoms with Crippen molar-refractivity contribution in [3.05, 3.63) is 62.6 Å². The number of non-ortho nitro benzene ring substituents is 1. The SMILES string of the molecule is CCc1ccc(-c2cc([N+](=O)[O-])ccc2Br)cc1. The zero-order valence-corrected chi connectivity index (χ0v) is 11.5. The van der Waals surface area contributed by atoms with E-state index in [1.807, 2.05) is 24.3 Å². The minimum Gasteiger partial charge on any atom is -0.258 e. The first kappa shape index (κ1) is 12.8. The maximum absolute atomic E-state index is 10.8. The molecule has 18 heavy (non-hydrogen) atoms. The van der Waals surface area contributed by atoms with E-state index in [4.69, 9.17) is 0 Å². The fourth-order valence-corrected chi connectivity index (χ4v) is 2.24. The molecule has 0 unspecified atom stereocenters.